The van der Waals surface area contributed by atoms with E-state index in [1.165, 1.54) is 70.6 Å². The number of furan rings is 1. The van der Waals surface area contributed by atoms with E-state index in [9.17, 15) is 0 Å². The van der Waals surface area contributed by atoms with Gasteiger partial charge in [0.2, 0.25) is 0 Å². The van der Waals surface area contributed by atoms with Crippen LogP contribution in [-0.4, -0.2) is 0 Å². The molecule has 12 aromatic carbocycles. The lowest BCUT2D eigenvalue weighted by Gasteiger charge is -2.26. The topological polar surface area (TPSA) is 16.4 Å². The summed E-state index contributed by atoms with van der Waals surface area (Å²) in [6.07, 6.45) is 0. The highest BCUT2D eigenvalue weighted by Gasteiger charge is 2.21. The highest BCUT2D eigenvalue weighted by molar-refractivity contribution is 6.31. The molecule has 0 saturated carbocycles. The Balaban J connectivity index is 1.01. The van der Waals surface area contributed by atoms with E-state index in [0.29, 0.717) is 0 Å². The molecule has 0 spiro atoms. The summed E-state index contributed by atoms with van der Waals surface area (Å²) in [6, 6.07) is 85.9. The van der Waals surface area contributed by atoms with Crippen LogP contribution in [0, 0.1) is 0 Å². The van der Waals surface area contributed by atoms with Crippen LogP contribution in [0.1, 0.15) is 0 Å². The quantitative estimate of drug-likeness (QED) is 0.156. The van der Waals surface area contributed by atoms with Gasteiger partial charge >= 0.3 is 0 Å². The first-order valence-electron chi connectivity index (χ1n) is 22.0. The van der Waals surface area contributed by atoms with Crippen molar-refractivity contribution >= 4 is 92.9 Å². The first-order valence-corrected chi connectivity index (χ1v) is 22.0. The molecule has 298 valence electrons. The fourth-order valence-electron chi connectivity index (χ4n) is 10.2. The van der Waals surface area contributed by atoms with Crippen LogP contribution >= 0.6 is 0 Å². The number of benzene rings is 12. The maximum Gasteiger partial charge on any atom is 0.137 e. The SMILES string of the molecule is c1ccc(-c2cccc(N(c3cccc(-c4ccc5ccccc5c4)c3)c3ccc4c(c3)oc3cccc(-c5cc6ccc7ccccc7c6c6c5ccc5ccccc56)c34)c2)cc1. The molecule has 0 aliphatic carbocycles. The van der Waals surface area contributed by atoms with Crippen molar-refractivity contribution in [3.8, 4) is 33.4 Å². The van der Waals surface area contributed by atoms with Gasteiger partial charge in [-0.05, 0) is 142 Å². The Morgan fingerprint density at radius 1 is 0.250 bits per heavy atom. The molecule has 13 aromatic rings. The maximum atomic E-state index is 6.90. The van der Waals surface area contributed by atoms with Gasteiger partial charge in [-0.1, -0.05) is 176 Å². The van der Waals surface area contributed by atoms with Gasteiger partial charge in [-0.15, -0.1) is 0 Å². The lowest BCUT2D eigenvalue weighted by atomic mass is 9.87. The van der Waals surface area contributed by atoms with Crippen molar-refractivity contribution < 1.29 is 4.42 Å². The molecule has 64 heavy (non-hydrogen) atoms. The van der Waals surface area contributed by atoms with Crippen LogP contribution < -0.4 is 4.90 Å². The number of fused-ring (bicyclic) bond motifs is 11. The number of nitrogens with zero attached hydrogens (tertiary/aromatic N) is 1. The average Bonchev–Trinajstić information content (AvgIpc) is 3.74. The highest BCUT2D eigenvalue weighted by atomic mass is 16.3. The standard InChI is InChI=1S/C62H39NO/c1-2-13-40(14-3-1)45-19-10-21-49(36-45)63(50-22-11-20-46(37-50)47-29-27-41-15-4-5-18-44(41)35-47)51-32-34-56-59(39-51)64-58-26-12-25-54(61(56)58)57-38-48-30-28-42-16-6-8-23-52(42)60(48)62-53-24-9-7-17-43(53)31-33-55(57)62/h1-39H. The first kappa shape index (κ1) is 36.2. The summed E-state index contributed by atoms with van der Waals surface area (Å²) in [5, 5.41) is 14.7. The molecule has 0 fully saturated rings. The first-order chi connectivity index (χ1) is 31.7. The third kappa shape index (κ3) is 5.88. The zero-order valence-electron chi connectivity index (χ0n) is 34.9. The highest BCUT2D eigenvalue weighted by Crippen LogP contribution is 2.47. The number of rotatable bonds is 6. The molecule has 2 nitrogen and oxygen atoms in total. The summed E-state index contributed by atoms with van der Waals surface area (Å²) >= 11 is 0. The lowest BCUT2D eigenvalue weighted by molar-refractivity contribution is 0.669. The zero-order chi connectivity index (χ0) is 42.1. The second-order valence-electron chi connectivity index (χ2n) is 16.8. The molecular weight excluding hydrogens is 775 g/mol. The van der Waals surface area contributed by atoms with Crippen molar-refractivity contribution in [1.82, 2.24) is 0 Å². The van der Waals surface area contributed by atoms with Gasteiger partial charge in [0.05, 0.1) is 0 Å². The molecule has 0 N–H and O–H groups in total. The fourth-order valence-corrected chi connectivity index (χ4v) is 10.2. The molecule has 0 unspecified atom stereocenters. The van der Waals surface area contributed by atoms with E-state index in [2.05, 4.69) is 241 Å². The molecule has 0 atom stereocenters. The van der Waals surface area contributed by atoms with Crippen molar-refractivity contribution in [2.24, 2.45) is 0 Å². The van der Waals surface area contributed by atoms with Gasteiger partial charge < -0.3 is 9.32 Å². The molecule has 2 heteroatoms. The molecular formula is C62H39NO. The minimum absolute atomic E-state index is 0.844. The molecule has 0 aliphatic rings. The van der Waals surface area contributed by atoms with Gasteiger partial charge in [-0.2, -0.15) is 0 Å². The van der Waals surface area contributed by atoms with Crippen molar-refractivity contribution in [3.05, 3.63) is 237 Å². The van der Waals surface area contributed by atoms with Crippen LogP contribution in [0.4, 0.5) is 17.1 Å². The zero-order valence-corrected chi connectivity index (χ0v) is 34.9. The van der Waals surface area contributed by atoms with E-state index >= 15 is 0 Å². The van der Waals surface area contributed by atoms with Gasteiger partial charge in [-0.25, -0.2) is 0 Å². The van der Waals surface area contributed by atoms with Gasteiger partial charge in [-0.3, -0.25) is 0 Å². The second-order valence-corrected chi connectivity index (χ2v) is 16.8. The average molecular weight is 814 g/mol. The van der Waals surface area contributed by atoms with E-state index < -0.39 is 0 Å². The molecule has 0 amide bonds. The van der Waals surface area contributed by atoms with Crippen molar-refractivity contribution in [2.75, 3.05) is 4.90 Å². The Morgan fingerprint density at radius 2 is 0.812 bits per heavy atom. The van der Waals surface area contributed by atoms with Crippen molar-refractivity contribution in [3.63, 3.8) is 0 Å². The largest absolute Gasteiger partial charge is 0.456 e. The van der Waals surface area contributed by atoms with E-state index in [4.69, 9.17) is 4.42 Å². The van der Waals surface area contributed by atoms with E-state index in [0.717, 1.165) is 55.7 Å². The lowest BCUT2D eigenvalue weighted by Crippen LogP contribution is -2.10. The second kappa shape index (κ2) is 14.6. The summed E-state index contributed by atoms with van der Waals surface area (Å²) in [5.74, 6) is 0. The Bertz CT molecular complexity index is 3970. The molecule has 0 aliphatic heterocycles. The van der Waals surface area contributed by atoms with Gasteiger partial charge in [0.25, 0.3) is 0 Å². The van der Waals surface area contributed by atoms with E-state index in [-0.39, 0.29) is 0 Å². The number of hydrogen-bond donors (Lipinski definition) is 0. The Labute approximate surface area is 370 Å². The predicted octanol–water partition coefficient (Wildman–Crippen LogP) is 17.8. The maximum absolute atomic E-state index is 6.90. The monoisotopic (exact) mass is 813 g/mol. The summed E-state index contributed by atoms with van der Waals surface area (Å²) in [4.78, 5) is 2.36. The molecule has 0 bridgehead atoms. The Hall–Kier alpha value is -8.46. The normalized spacial score (nSPS) is 11.8. The van der Waals surface area contributed by atoms with Crippen LogP contribution in [0.15, 0.2) is 241 Å². The Morgan fingerprint density at radius 3 is 1.59 bits per heavy atom. The van der Waals surface area contributed by atoms with Gasteiger partial charge in [0, 0.05) is 33.9 Å². The van der Waals surface area contributed by atoms with E-state index in [1.807, 2.05) is 0 Å². The number of anilines is 3. The van der Waals surface area contributed by atoms with Crippen LogP contribution in [-0.2, 0) is 0 Å². The number of hydrogen-bond acceptors (Lipinski definition) is 2. The summed E-state index contributed by atoms with van der Waals surface area (Å²) in [5.41, 5.74) is 11.9. The van der Waals surface area contributed by atoms with Gasteiger partial charge in [0.15, 0.2) is 0 Å². The molecule has 1 aromatic heterocycles. The van der Waals surface area contributed by atoms with Crippen molar-refractivity contribution in [1.29, 1.82) is 0 Å². The molecule has 0 saturated heterocycles. The van der Waals surface area contributed by atoms with Crippen molar-refractivity contribution in [2.45, 2.75) is 0 Å². The Kier molecular flexibility index (Phi) is 8.25. The van der Waals surface area contributed by atoms with Crippen LogP contribution in [0.5, 0.6) is 0 Å². The predicted molar refractivity (Wildman–Crippen MR) is 272 cm³/mol. The molecule has 13 rings (SSSR count). The van der Waals surface area contributed by atoms with Gasteiger partial charge in [0.1, 0.15) is 11.2 Å². The van der Waals surface area contributed by atoms with Crippen LogP contribution in [0.2, 0.25) is 0 Å². The van der Waals surface area contributed by atoms with Crippen LogP contribution in [0.25, 0.3) is 109 Å². The third-order valence-electron chi connectivity index (χ3n) is 13.2. The molecule has 1 heterocycles. The summed E-state index contributed by atoms with van der Waals surface area (Å²) < 4.78 is 6.90. The fraction of sp³-hybridized carbons (Fsp3) is 0. The summed E-state index contributed by atoms with van der Waals surface area (Å²) in [7, 11) is 0. The smallest absolute Gasteiger partial charge is 0.137 e. The summed E-state index contributed by atoms with van der Waals surface area (Å²) in [6.45, 7) is 0. The van der Waals surface area contributed by atoms with Crippen LogP contribution in [0.3, 0.4) is 0 Å². The molecule has 0 radical (unpaired) electrons. The third-order valence-corrected chi connectivity index (χ3v) is 13.2. The minimum Gasteiger partial charge on any atom is -0.456 e. The minimum atomic E-state index is 0.844. The van der Waals surface area contributed by atoms with E-state index in [1.54, 1.807) is 0 Å².